The van der Waals surface area contributed by atoms with Crippen molar-refractivity contribution in [3.63, 3.8) is 0 Å². The summed E-state index contributed by atoms with van der Waals surface area (Å²) in [6.07, 6.45) is 0. The fraction of sp³-hybridized carbons (Fsp3) is 0.222. The van der Waals surface area contributed by atoms with E-state index in [2.05, 4.69) is 15.7 Å². The molecule has 0 aliphatic heterocycles. The topological polar surface area (TPSA) is 62.4 Å². The average Bonchev–Trinajstić information content (AvgIpc) is 2.22. The Morgan fingerprint density at radius 3 is 2.57 bits per heavy atom. The van der Waals surface area contributed by atoms with E-state index >= 15 is 0 Å². The van der Waals surface area contributed by atoms with E-state index in [0.29, 0.717) is 12.5 Å². The van der Waals surface area contributed by atoms with Gasteiger partial charge in [0.2, 0.25) is 5.96 Å². The summed E-state index contributed by atoms with van der Waals surface area (Å²) in [7, 11) is 1.62. The Morgan fingerprint density at radius 1 is 1.43 bits per heavy atom. The monoisotopic (exact) mass is 196 g/mol. The lowest BCUT2D eigenvalue weighted by atomic mass is 10.2. The Hall–Kier alpha value is -1.62. The van der Waals surface area contributed by atoms with Crippen LogP contribution >= 0.6 is 0 Å². The zero-order chi connectivity index (χ0) is 10.4. The minimum Gasteiger partial charge on any atom is -0.351 e. The number of nitrogens with zero attached hydrogens (tertiary/aromatic N) is 1. The fourth-order valence-electron chi connectivity index (χ4n) is 0.983. The van der Waals surface area contributed by atoms with Crippen molar-refractivity contribution >= 4 is 5.96 Å². The third kappa shape index (κ3) is 3.02. The van der Waals surface area contributed by atoms with Crippen LogP contribution in [0.3, 0.4) is 0 Å². The molecule has 4 N–H and O–H groups in total. The molecule has 0 saturated carbocycles. The van der Waals surface area contributed by atoms with Gasteiger partial charge in [0.25, 0.3) is 0 Å². The summed E-state index contributed by atoms with van der Waals surface area (Å²) in [5.74, 6) is 5.42. The smallest absolute Gasteiger partial charge is 0.205 e. The summed E-state index contributed by atoms with van der Waals surface area (Å²) < 4.78 is 12.5. The van der Waals surface area contributed by atoms with Crippen LogP contribution < -0.4 is 16.6 Å². The Kier molecular flexibility index (Phi) is 3.87. The second-order valence-electron chi connectivity index (χ2n) is 2.70. The van der Waals surface area contributed by atoms with E-state index in [1.54, 1.807) is 19.2 Å². The molecule has 1 rings (SSSR count). The molecular weight excluding hydrogens is 183 g/mol. The predicted octanol–water partition coefficient (Wildman–Crippen LogP) is 0.364. The van der Waals surface area contributed by atoms with Gasteiger partial charge in [-0.3, -0.25) is 10.4 Å². The van der Waals surface area contributed by atoms with Crippen LogP contribution in [0.1, 0.15) is 5.56 Å². The number of hydrogen-bond donors (Lipinski definition) is 3. The minimum atomic E-state index is -0.241. The van der Waals surface area contributed by atoms with Gasteiger partial charge in [-0.2, -0.15) is 0 Å². The summed E-state index contributed by atoms with van der Waals surface area (Å²) in [6, 6.07) is 6.23. The quantitative estimate of drug-likeness (QED) is 0.277. The predicted molar refractivity (Wildman–Crippen MR) is 53.9 cm³/mol. The summed E-state index contributed by atoms with van der Waals surface area (Å²) in [6.45, 7) is 0.553. The summed E-state index contributed by atoms with van der Waals surface area (Å²) in [4.78, 5) is 3.83. The van der Waals surface area contributed by atoms with E-state index < -0.39 is 0 Å². The van der Waals surface area contributed by atoms with Gasteiger partial charge in [-0.1, -0.05) is 12.1 Å². The number of halogens is 1. The molecule has 0 aliphatic carbocycles. The molecule has 1 aromatic carbocycles. The van der Waals surface area contributed by atoms with Crippen LogP contribution in [0.5, 0.6) is 0 Å². The number of nitrogens with one attached hydrogen (secondary N) is 2. The maximum absolute atomic E-state index is 12.5. The molecular formula is C9H13FN4. The normalized spacial score (nSPS) is 11.2. The fourth-order valence-corrected chi connectivity index (χ4v) is 0.983. The second-order valence-corrected chi connectivity index (χ2v) is 2.70. The van der Waals surface area contributed by atoms with Gasteiger partial charge in [-0.15, -0.1) is 0 Å². The summed E-state index contributed by atoms with van der Waals surface area (Å²) in [5.41, 5.74) is 3.36. The number of rotatable bonds is 2. The standard InChI is InChI=1S/C9H13FN4/c1-12-9(14-11)13-6-7-2-4-8(10)5-3-7/h2-5H,6,11H2,1H3,(H2,12,13,14). The molecule has 0 amide bonds. The van der Waals surface area contributed by atoms with E-state index in [-0.39, 0.29) is 5.82 Å². The molecule has 5 heteroatoms. The number of benzene rings is 1. The van der Waals surface area contributed by atoms with Gasteiger partial charge >= 0.3 is 0 Å². The molecule has 0 fully saturated rings. The number of hydrogen-bond acceptors (Lipinski definition) is 2. The lowest BCUT2D eigenvalue weighted by molar-refractivity contribution is 0.626. The molecule has 0 saturated heterocycles. The van der Waals surface area contributed by atoms with Crippen LogP contribution in [0.2, 0.25) is 0 Å². The largest absolute Gasteiger partial charge is 0.351 e. The molecule has 0 aliphatic rings. The number of hydrazine groups is 1. The van der Waals surface area contributed by atoms with Crippen molar-refractivity contribution in [1.82, 2.24) is 10.7 Å². The first-order valence-electron chi connectivity index (χ1n) is 4.18. The first-order valence-corrected chi connectivity index (χ1v) is 4.18. The first kappa shape index (κ1) is 10.5. The van der Waals surface area contributed by atoms with Gasteiger partial charge in [-0.25, -0.2) is 10.2 Å². The molecule has 0 aromatic heterocycles. The van der Waals surface area contributed by atoms with Crippen molar-refractivity contribution in [2.75, 3.05) is 7.05 Å². The van der Waals surface area contributed by atoms with Gasteiger partial charge in [0.1, 0.15) is 5.82 Å². The summed E-state index contributed by atoms with van der Waals surface area (Å²) in [5, 5.41) is 2.95. The maximum Gasteiger partial charge on any atom is 0.205 e. The van der Waals surface area contributed by atoms with Crippen LogP contribution in [0.25, 0.3) is 0 Å². The van der Waals surface area contributed by atoms with E-state index in [0.717, 1.165) is 5.56 Å². The third-order valence-electron chi connectivity index (χ3n) is 1.73. The van der Waals surface area contributed by atoms with Gasteiger partial charge in [-0.05, 0) is 17.7 Å². The highest BCUT2D eigenvalue weighted by Gasteiger charge is 1.95. The van der Waals surface area contributed by atoms with Gasteiger partial charge in [0, 0.05) is 13.6 Å². The number of nitrogens with two attached hydrogens (primary N) is 1. The Labute approximate surface area is 82.0 Å². The van der Waals surface area contributed by atoms with E-state index in [1.807, 2.05) is 0 Å². The first-order chi connectivity index (χ1) is 6.76. The van der Waals surface area contributed by atoms with E-state index in [4.69, 9.17) is 5.84 Å². The van der Waals surface area contributed by atoms with Gasteiger partial charge in [0.05, 0.1) is 0 Å². The Balaban J connectivity index is 2.49. The lowest BCUT2D eigenvalue weighted by Gasteiger charge is -2.07. The van der Waals surface area contributed by atoms with Crippen molar-refractivity contribution in [3.8, 4) is 0 Å². The molecule has 0 atom stereocenters. The summed E-state index contributed by atoms with van der Waals surface area (Å²) >= 11 is 0. The zero-order valence-corrected chi connectivity index (χ0v) is 7.92. The molecule has 4 nitrogen and oxygen atoms in total. The second kappa shape index (κ2) is 5.18. The Morgan fingerprint density at radius 2 is 2.07 bits per heavy atom. The number of aliphatic imine (C=N–C) groups is 1. The van der Waals surface area contributed by atoms with Crippen molar-refractivity contribution in [2.24, 2.45) is 10.8 Å². The Bertz CT molecular complexity index is 307. The van der Waals surface area contributed by atoms with Crippen molar-refractivity contribution in [2.45, 2.75) is 6.54 Å². The van der Waals surface area contributed by atoms with Crippen LogP contribution in [0.4, 0.5) is 4.39 Å². The highest BCUT2D eigenvalue weighted by molar-refractivity contribution is 5.78. The molecule has 76 valence electrons. The molecule has 0 bridgehead atoms. The molecule has 14 heavy (non-hydrogen) atoms. The van der Waals surface area contributed by atoms with E-state index in [1.165, 1.54) is 12.1 Å². The zero-order valence-electron chi connectivity index (χ0n) is 7.92. The van der Waals surface area contributed by atoms with Crippen molar-refractivity contribution in [1.29, 1.82) is 0 Å². The molecule has 0 spiro atoms. The van der Waals surface area contributed by atoms with E-state index in [9.17, 15) is 4.39 Å². The molecule has 0 unspecified atom stereocenters. The lowest BCUT2D eigenvalue weighted by Crippen LogP contribution is -2.40. The van der Waals surface area contributed by atoms with Gasteiger partial charge in [0.15, 0.2) is 0 Å². The molecule has 1 aromatic rings. The van der Waals surface area contributed by atoms with Crippen LogP contribution in [-0.4, -0.2) is 13.0 Å². The van der Waals surface area contributed by atoms with Crippen LogP contribution in [0.15, 0.2) is 29.3 Å². The van der Waals surface area contributed by atoms with Crippen molar-refractivity contribution in [3.05, 3.63) is 35.6 Å². The highest BCUT2D eigenvalue weighted by atomic mass is 19.1. The average molecular weight is 196 g/mol. The highest BCUT2D eigenvalue weighted by Crippen LogP contribution is 2.01. The molecule has 0 heterocycles. The SMILES string of the molecule is CN=C(NN)NCc1ccc(F)cc1. The number of guanidine groups is 1. The van der Waals surface area contributed by atoms with Gasteiger partial charge < -0.3 is 5.32 Å². The van der Waals surface area contributed by atoms with Crippen molar-refractivity contribution < 1.29 is 4.39 Å². The maximum atomic E-state index is 12.5. The van der Waals surface area contributed by atoms with Crippen LogP contribution in [-0.2, 0) is 6.54 Å². The van der Waals surface area contributed by atoms with Crippen LogP contribution in [0, 0.1) is 5.82 Å². The minimum absolute atomic E-state index is 0.241. The third-order valence-corrected chi connectivity index (χ3v) is 1.73. The molecule has 0 radical (unpaired) electrons.